The summed E-state index contributed by atoms with van der Waals surface area (Å²) >= 11 is 0. The highest BCUT2D eigenvalue weighted by Crippen LogP contribution is 2.15. The lowest BCUT2D eigenvalue weighted by atomic mass is 10.1. The molecule has 1 amide bonds. The molecule has 0 spiro atoms. The predicted molar refractivity (Wildman–Crippen MR) is 115 cm³/mol. The Balaban J connectivity index is 1.39. The van der Waals surface area contributed by atoms with Crippen LogP contribution in [0.15, 0.2) is 72.8 Å². The normalized spacial score (nSPS) is 10.8. The maximum absolute atomic E-state index is 12.5. The molecule has 6 nitrogen and oxygen atoms in total. The molecule has 0 saturated heterocycles. The van der Waals surface area contributed by atoms with Gasteiger partial charge < -0.3 is 15.4 Å². The van der Waals surface area contributed by atoms with Crippen LogP contribution in [-0.4, -0.2) is 27.0 Å². The lowest BCUT2D eigenvalue weighted by Crippen LogP contribution is -2.22. The Morgan fingerprint density at radius 3 is 2.33 bits per heavy atom. The number of carboxylic acid groups (broad SMARTS) is 1. The molecule has 0 atom stereocenters. The number of imidazole rings is 1. The van der Waals surface area contributed by atoms with E-state index >= 15 is 0 Å². The van der Waals surface area contributed by atoms with E-state index in [1.807, 2.05) is 24.3 Å². The number of amides is 1. The van der Waals surface area contributed by atoms with Gasteiger partial charge in [0, 0.05) is 18.5 Å². The molecule has 0 aliphatic carbocycles. The second-order valence-corrected chi connectivity index (χ2v) is 7.09. The van der Waals surface area contributed by atoms with Crippen LogP contribution in [0.4, 0.5) is 0 Å². The van der Waals surface area contributed by atoms with Crippen LogP contribution >= 0.6 is 0 Å². The third kappa shape index (κ3) is 4.55. The fourth-order valence-electron chi connectivity index (χ4n) is 3.28. The van der Waals surface area contributed by atoms with Crippen molar-refractivity contribution < 1.29 is 14.7 Å². The minimum Gasteiger partial charge on any atom is -0.478 e. The number of hydrogen-bond acceptors (Lipinski definition) is 3. The number of nitrogens with one attached hydrogen (secondary N) is 2. The number of nitrogens with zero attached hydrogens (tertiary/aromatic N) is 1. The predicted octanol–water partition coefficient (Wildman–Crippen LogP) is 3.98. The molecule has 30 heavy (non-hydrogen) atoms. The van der Waals surface area contributed by atoms with Gasteiger partial charge in [-0.1, -0.05) is 42.5 Å². The highest BCUT2D eigenvalue weighted by Gasteiger charge is 2.10. The van der Waals surface area contributed by atoms with Crippen molar-refractivity contribution in [2.24, 2.45) is 0 Å². The zero-order valence-electron chi connectivity index (χ0n) is 16.3. The molecule has 0 saturated carbocycles. The number of rotatable bonds is 7. The molecule has 3 aromatic carbocycles. The first-order valence-corrected chi connectivity index (χ1v) is 9.71. The Morgan fingerprint density at radius 1 is 0.867 bits per heavy atom. The summed E-state index contributed by atoms with van der Waals surface area (Å²) in [6.07, 6.45) is 1.70. The molecule has 0 radical (unpaired) electrons. The maximum atomic E-state index is 12.5. The second-order valence-electron chi connectivity index (χ2n) is 7.09. The number of carbonyl (C=O) groups is 2. The zero-order valence-corrected chi connectivity index (χ0v) is 16.3. The summed E-state index contributed by atoms with van der Waals surface area (Å²) in [5.41, 5.74) is 4.52. The molecule has 0 fully saturated rings. The Hall–Kier alpha value is -3.93. The van der Waals surface area contributed by atoms with E-state index in [0.29, 0.717) is 12.1 Å². The Kier molecular flexibility index (Phi) is 5.57. The Bertz CT molecular complexity index is 1180. The first-order chi connectivity index (χ1) is 14.6. The van der Waals surface area contributed by atoms with Crippen LogP contribution in [0.3, 0.4) is 0 Å². The van der Waals surface area contributed by atoms with Gasteiger partial charge in [-0.05, 0) is 47.9 Å². The molecule has 0 unspecified atom stereocenters. The van der Waals surface area contributed by atoms with Crippen molar-refractivity contribution in [3.05, 3.63) is 101 Å². The molecule has 0 bridgehead atoms. The minimum absolute atomic E-state index is 0.195. The van der Waals surface area contributed by atoms with Gasteiger partial charge in [-0.3, -0.25) is 4.79 Å². The van der Waals surface area contributed by atoms with E-state index in [1.54, 1.807) is 24.3 Å². The average molecular weight is 399 g/mol. The number of hydrogen-bond donors (Lipinski definition) is 3. The van der Waals surface area contributed by atoms with Gasteiger partial charge >= 0.3 is 5.97 Å². The quantitative estimate of drug-likeness (QED) is 0.438. The van der Waals surface area contributed by atoms with Gasteiger partial charge in [-0.25, -0.2) is 9.78 Å². The van der Waals surface area contributed by atoms with Gasteiger partial charge in [0.2, 0.25) is 0 Å². The van der Waals surface area contributed by atoms with E-state index in [1.165, 1.54) is 17.7 Å². The topological polar surface area (TPSA) is 95.1 Å². The van der Waals surface area contributed by atoms with Gasteiger partial charge in [-0.2, -0.15) is 0 Å². The summed E-state index contributed by atoms with van der Waals surface area (Å²) in [6.45, 7) is 0.321. The number of H-pyrrole nitrogens is 1. The van der Waals surface area contributed by atoms with Crippen molar-refractivity contribution in [2.45, 2.75) is 19.4 Å². The largest absolute Gasteiger partial charge is 0.478 e. The van der Waals surface area contributed by atoms with Crippen molar-refractivity contribution in [3.8, 4) is 0 Å². The van der Waals surface area contributed by atoms with Crippen LogP contribution in [0.5, 0.6) is 0 Å². The van der Waals surface area contributed by atoms with E-state index in [0.717, 1.165) is 35.3 Å². The smallest absolute Gasteiger partial charge is 0.335 e. The number of aromatic nitrogens is 2. The van der Waals surface area contributed by atoms with Crippen molar-refractivity contribution in [1.29, 1.82) is 0 Å². The zero-order chi connectivity index (χ0) is 20.9. The van der Waals surface area contributed by atoms with Crippen molar-refractivity contribution in [2.75, 3.05) is 0 Å². The monoisotopic (exact) mass is 399 g/mol. The fraction of sp³-hybridized carbons (Fsp3) is 0.125. The molecule has 6 heteroatoms. The molecule has 0 aliphatic heterocycles. The summed E-state index contributed by atoms with van der Waals surface area (Å²) in [5.74, 6) is -0.272. The molecule has 3 N–H and O–H groups in total. The molecule has 1 aromatic heterocycles. The van der Waals surface area contributed by atoms with Gasteiger partial charge in [0.25, 0.3) is 5.91 Å². The molecule has 4 aromatic rings. The van der Waals surface area contributed by atoms with Gasteiger partial charge in [-0.15, -0.1) is 0 Å². The number of aromatic carboxylic acids is 1. The summed E-state index contributed by atoms with van der Waals surface area (Å²) in [4.78, 5) is 31.3. The van der Waals surface area contributed by atoms with Crippen LogP contribution in [0.25, 0.3) is 11.0 Å². The molecular weight excluding hydrogens is 378 g/mol. The molecular formula is C24H21N3O3. The van der Waals surface area contributed by atoms with E-state index in [9.17, 15) is 9.59 Å². The van der Waals surface area contributed by atoms with Gasteiger partial charge in [0.15, 0.2) is 0 Å². The maximum Gasteiger partial charge on any atom is 0.335 e. The van der Waals surface area contributed by atoms with Gasteiger partial charge in [0.1, 0.15) is 5.82 Å². The number of benzene rings is 3. The van der Waals surface area contributed by atoms with Crippen molar-refractivity contribution >= 4 is 22.9 Å². The third-order valence-corrected chi connectivity index (χ3v) is 4.94. The lowest BCUT2D eigenvalue weighted by molar-refractivity contribution is 0.0696. The van der Waals surface area contributed by atoms with Crippen molar-refractivity contribution in [3.63, 3.8) is 0 Å². The number of carbonyl (C=O) groups excluding carboxylic acids is 1. The van der Waals surface area contributed by atoms with Crippen LogP contribution < -0.4 is 5.32 Å². The van der Waals surface area contributed by atoms with Crippen LogP contribution in [0.1, 0.15) is 37.7 Å². The minimum atomic E-state index is -0.971. The number of aryl methyl sites for hydroxylation is 2. The fourth-order valence-corrected chi connectivity index (χ4v) is 3.28. The number of carboxylic acids is 1. The van der Waals surface area contributed by atoms with E-state index in [2.05, 4.69) is 27.4 Å². The van der Waals surface area contributed by atoms with E-state index in [4.69, 9.17) is 5.11 Å². The highest BCUT2D eigenvalue weighted by molar-refractivity contribution is 5.97. The summed E-state index contributed by atoms with van der Waals surface area (Å²) in [5, 5.41) is 11.8. The standard InChI is InChI=1S/C24H21N3O3/c28-23(25-15-17-6-9-18(10-7-17)24(29)30)19-11-12-20-21(14-19)27-22(26-20)13-8-16-4-2-1-3-5-16/h1-7,9-12,14H,8,13,15H2,(H,25,28)(H,26,27)(H,29,30). The highest BCUT2D eigenvalue weighted by atomic mass is 16.4. The first kappa shape index (κ1) is 19.4. The van der Waals surface area contributed by atoms with Gasteiger partial charge in [0.05, 0.1) is 16.6 Å². The van der Waals surface area contributed by atoms with E-state index in [-0.39, 0.29) is 11.5 Å². The summed E-state index contributed by atoms with van der Waals surface area (Å²) < 4.78 is 0. The third-order valence-electron chi connectivity index (χ3n) is 4.94. The van der Waals surface area contributed by atoms with Crippen LogP contribution in [0, 0.1) is 0 Å². The molecule has 1 heterocycles. The second kappa shape index (κ2) is 8.61. The average Bonchev–Trinajstić information content (AvgIpc) is 3.19. The Morgan fingerprint density at radius 2 is 1.60 bits per heavy atom. The summed E-state index contributed by atoms with van der Waals surface area (Å²) in [7, 11) is 0. The molecule has 4 rings (SSSR count). The van der Waals surface area contributed by atoms with Crippen LogP contribution in [-0.2, 0) is 19.4 Å². The Labute approximate surface area is 173 Å². The van der Waals surface area contributed by atoms with Crippen molar-refractivity contribution in [1.82, 2.24) is 15.3 Å². The number of fused-ring (bicyclic) bond motifs is 1. The lowest BCUT2D eigenvalue weighted by Gasteiger charge is -2.06. The first-order valence-electron chi connectivity index (χ1n) is 9.71. The molecule has 0 aliphatic rings. The number of aromatic amines is 1. The van der Waals surface area contributed by atoms with E-state index < -0.39 is 5.97 Å². The summed E-state index contributed by atoms with van der Waals surface area (Å²) in [6, 6.07) is 22.1. The SMILES string of the molecule is O=C(O)c1ccc(CNC(=O)c2ccc3nc(CCc4ccccc4)[nH]c3c2)cc1. The van der Waals surface area contributed by atoms with Crippen LogP contribution in [0.2, 0.25) is 0 Å². The molecule has 150 valence electrons.